The average Bonchev–Trinajstić information content (AvgIpc) is 2.43. The number of carbonyl (C=O) groups is 1. The molecule has 0 aliphatic carbocycles. The van der Waals surface area contributed by atoms with Crippen molar-refractivity contribution in [3.05, 3.63) is 0 Å². The topological polar surface area (TPSA) is 139 Å². The Labute approximate surface area is 91.1 Å². The molecule has 0 saturated carbocycles. The van der Waals surface area contributed by atoms with Crippen LogP contribution in [0.2, 0.25) is 0 Å². The van der Waals surface area contributed by atoms with Crippen LogP contribution in [-0.2, 0) is 9.53 Å². The molecule has 4 atom stereocenters. The molecule has 0 radical (unpaired) electrons. The Bertz CT molecular complexity index is 261. The second kappa shape index (κ2) is 5.04. The fraction of sp³-hybridized carbons (Fsp3) is 0.875. The first-order valence-corrected chi connectivity index (χ1v) is 4.70. The van der Waals surface area contributed by atoms with Crippen molar-refractivity contribution in [3.8, 4) is 0 Å². The number of rotatable bonds is 5. The second-order valence-electron chi connectivity index (χ2n) is 3.62. The maximum absolute atomic E-state index is 10.2. The maximum Gasteiger partial charge on any atom is 0.317 e. The van der Waals surface area contributed by atoms with Crippen molar-refractivity contribution in [2.24, 2.45) is 0 Å². The van der Waals surface area contributed by atoms with Crippen molar-refractivity contribution in [2.75, 3.05) is 19.7 Å². The van der Waals surface area contributed by atoms with Gasteiger partial charge in [0.1, 0.15) is 18.3 Å². The van der Waals surface area contributed by atoms with Gasteiger partial charge in [-0.05, 0) is 0 Å². The van der Waals surface area contributed by atoms with Crippen LogP contribution in [0.5, 0.6) is 0 Å². The summed E-state index contributed by atoms with van der Waals surface area (Å²) >= 11 is 0. The van der Waals surface area contributed by atoms with Crippen LogP contribution in [0.4, 0.5) is 0 Å². The summed E-state index contributed by atoms with van der Waals surface area (Å²) in [6.45, 7) is -1.34. The number of hydrogen-bond donors (Lipinski definition) is 6. The Hall–Kier alpha value is -0.770. The zero-order chi connectivity index (χ0) is 12.3. The van der Waals surface area contributed by atoms with Gasteiger partial charge in [-0.3, -0.25) is 4.79 Å². The van der Waals surface area contributed by atoms with E-state index in [0.29, 0.717) is 0 Å². The van der Waals surface area contributed by atoms with Gasteiger partial charge in [-0.15, -0.1) is 0 Å². The van der Waals surface area contributed by atoms with Crippen molar-refractivity contribution >= 4 is 5.97 Å². The molecular formula is C8H15NO7. The molecule has 1 rings (SSSR count). The highest BCUT2D eigenvalue weighted by atomic mass is 16.7. The zero-order valence-electron chi connectivity index (χ0n) is 8.41. The van der Waals surface area contributed by atoms with Crippen LogP contribution in [0.25, 0.3) is 0 Å². The Morgan fingerprint density at radius 3 is 2.50 bits per heavy atom. The maximum atomic E-state index is 10.2. The summed E-state index contributed by atoms with van der Waals surface area (Å²) in [6, 6.07) is 0. The molecule has 0 amide bonds. The van der Waals surface area contributed by atoms with E-state index in [9.17, 15) is 20.1 Å². The third-order valence-electron chi connectivity index (χ3n) is 2.36. The van der Waals surface area contributed by atoms with E-state index < -0.39 is 43.2 Å². The van der Waals surface area contributed by atoms with Gasteiger partial charge in [0.2, 0.25) is 5.79 Å². The number of carboxylic acid groups (broad SMARTS) is 1. The zero-order valence-corrected chi connectivity index (χ0v) is 8.41. The van der Waals surface area contributed by atoms with E-state index >= 15 is 0 Å². The van der Waals surface area contributed by atoms with Gasteiger partial charge in [0.15, 0.2) is 0 Å². The van der Waals surface area contributed by atoms with E-state index in [1.165, 1.54) is 0 Å². The molecule has 0 aromatic heterocycles. The van der Waals surface area contributed by atoms with Crippen LogP contribution >= 0.6 is 0 Å². The first kappa shape index (κ1) is 13.3. The van der Waals surface area contributed by atoms with Crippen LogP contribution < -0.4 is 5.32 Å². The number of nitrogens with one attached hydrogen (secondary N) is 1. The molecule has 1 heterocycles. The van der Waals surface area contributed by atoms with Gasteiger partial charge in [-0.2, -0.15) is 0 Å². The molecule has 1 aliphatic heterocycles. The van der Waals surface area contributed by atoms with E-state index in [1.54, 1.807) is 0 Å². The van der Waals surface area contributed by atoms with Crippen molar-refractivity contribution in [2.45, 2.75) is 24.1 Å². The van der Waals surface area contributed by atoms with Crippen LogP contribution in [0.3, 0.4) is 0 Å². The summed E-state index contributed by atoms with van der Waals surface area (Å²) in [7, 11) is 0. The Kier molecular flexibility index (Phi) is 4.19. The van der Waals surface area contributed by atoms with Gasteiger partial charge < -0.3 is 35.6 Å². The van der Waals surface area contributed by atoms with Crippen LogP contribution in [-0.4, -0.2) is 75.3 Å². The molecule has 8 heteroatoms. The molecule has 1 saturated heterocycles. The van der Waals surface area contributed by atoms with Crippen molar-refractivity contribution in [3.63, 3.8) is 0 Å². The molecule has 1 aliphatic rings. The van der Waals surface area contributed by atoms with E-state index in [-0.39, 0.29) is 6.54 Å². The van der Waals surface area contributed by atoms with E-state index in [1.807, 2.05) is 0 Å². The minimum atomic E-state index is -2.09. The van der Waals surface area contributed by atoms with Gasteiger partial charge in [0.05, 0.1) is 19.7 Å². The SMILES string of the molecule is O=C(O)CNC[C@@]1(O)O[C@H](CO)[C@@H](O)[C@@H]1O. The molecular weight excluding hydrogens is 222 g/mol. The Morgan fingerprint density at radius 1 is 1.44 bits per heavy atom. The largest absolute Gasteiger partial charge is 0.480 e. The number of aliphatic carboxylic acids is 1. The molecule has 1 fully saturated rings. The highest BCUT2D eigenvalue weighted by Crippen LogP contribution is 2.28. The molecule has 0 spiro atoms. The van der Waals surface area contributed by atoms with E-state index in [0.717, 1.165) is 0 Å². The number of carboxylic acids is 1. The summed E-state index contributed by atoms with van der Waals surface area (Å²) in [5.74, 6) is -3.22. The number of ether oxygens (including phenoxy) is 1. The molecule has 94 valence electrons. The lowest BCUT2D eigenvalue weighted by Crippen LogP contribution is -2.51. The molecule has 0 aromatic rings. The summed E-state index contributed by atoms with van der Waals surface area (Å²) in [6.07, 6.45) is -4.11. The Balaban J connectivity index is 2.53. The van der Waals surface area contributed by atoms with Gasteiger partial charge in [-0.1, -0.05) is 0 Å². The molecule has 0 unspecified atom stereocenters. The van der Waals surface area contributed by atoms with Gasteiger partial charge in [0.25, 0.3) is 0 Å². The minimum Gasteiger partial charge on any atom is -0.480 e. The predicted octanol–water partition coefficient (Wildman–Crippen LogP) is -3.54. The van der Waals surface area contributed by atoms with Crippen LogP contribution in [0.15, 0.2) is 0 Å². The molecule has 0 bridgehead atoms. The summed E-state index contributed by atoms with van der Waals surface area (Å²) < 4.78 is 4.85. The fourth-order valence-corrected chi connectivity index (χ4v) is 1.51. The van der Waals surface area contributed by atoms with Crippen LogP contribution in [0.1, 0.15) is 0 Å². The lowest BCUT2D eigenvalue weighted by molar-refractivity contribution is -0.226. The smallest absolute Gasteiger partial charge is 0.317 e. The molecule has 16 heavy (non-hydrogen) atoms. The normalized spacial score (nSPS) is 38.9. The third-order valence-corrected chi connectivity index (χ3v) is 2.36. The predicted molar refractivity (Wildman–Crippen MR) is 49.4 cm³/mol. The van der Waals surface area contributed by atoms with E-state index in [4.69, 9.17) is 14.9 Å². The number of aliphatic hydroxyl groups excluding tert-OH is 3. The molecule has 0 aromatic carbocycles. The quantitative estimate of drug-likeness (QED) is 0.289. The molecule has 8 nitrogen and oxygen atoms in total. The number of aliphatic hydroxyl groups is 4. The van der Waals surface area contributed by atoms with Gasteiger partial charge >= 0.3 is 5.97 Å². The Morgan fingerprint density at radius 2 is 2.06 bits per heavy atom. The number of hydrogen-bond acceptors (Lipinski definition) is 7. The summed E-state index contributed by atoms with van der Waals surface area (Å²) in [4.78, 5) is 10.2. The lowest BCUT2D eigenvalue weighted by atomic mass is 10.1. The van der Waals surface area contributed by atoms with Gasteiger partial charge in [0, 0.05) is 0 Å². The monoisotopic (exact) mass is 237 g/mol. The minimum absolute atomic E-state index is 0.367. The van der Waals surface area contributed by atoms with Crippen LogP contribution in [0, 0.1) is 0 Å². The highest BCUT2D eigenvalue weighted by Gasteiger charge is 2.52. The summed E-state index contributed by atoms with van der Waals surface area (Å²) in [5.41, 5.74) is 0. The van der Waals surface area contributed by atoms with E-state index in [2.05, 4.69) is 5.32 Å². The lowest BCUT2D eigenvalue weighted by Gasteiger charge is -2.25. The third kappa shape index (κ3) is 2.67. The van der Waals surface area contributed by atoms with Crippen molar-refractivity contribution in [1.82, 2.24) is 5.32 Å². The average molecular weight is 237 g/mol. The summed E-state index contributed by atoms with van der Waals surface area (Å²) in [5, 5.41) is 48.0. The van der Waals surface area contributed by atoms with Crippen molar-refractivity contribution < 1.29 is 35.1 Å². The standard InChI is InChI=1S/C8H15NO7/c10-2-4-6(13)7(14)8(15,16-4)3-9-1-5(11)12/h4,6-7,9-10,13-15H,1-3H2,(H,11,12)/t4-,6-,7+,8-/m1/s1. The fourth-order valence-electron chi connectivity index (χ4n) is 1.51. The highest BCUT2D eigenvalue weighted by molar-refractivity contribution is 5.68. The van der Waals surface area contributed by atoms with Gasteiger partial charge in [-0.25, -0.2) is 0 Å². The first-order valence-electron chi connectivity index (χ1n) is 4.70. The van der Waals surface area contributed by atoms with Crippen molar-refractivity contribution in [1.29, 1.82) is 0 Å². The molecule has 6 N–H and O–H groups in total. The first-order chi connectivity index (χ1) is 7.40. The second-order valence-corrected chi connectivity index (χ2v) is 3.62.